The second kappa shape index (κ2) is 7.00. The smallest absolute Gasteiger partial charge is 0.154 e. The molecule has 7 heteroatoms. The van der Waals surface area contributed by atoms with Crippen molar-refractivity contribution < 1.29 is 9.90 Å². The lowest BCUT2D eigenvalue weighted by molar-refractivity contribution is -0.250. The van der Waals surface area contributed by atoms with Crippen molar-refractivity contribution in [3.05, 3.63) is 46.7 Å². The van der Waals surface area contributed by atoms with Gasteiger partial charge in [-0.05, 0) is 37.1 Å². The van der Waals surface area contributed by atoms with Gasteiger partial charge in [-0.15, -0.1) is 0 Å². The summed E-state index contributed by atoms with van der Waals surface area (Å²) in [6, 6.07) is 9.41. The van der Waals surface area contributed by atoms with Crippen LogP contribution in [0.1, 0.15) is 11.3 Å². The summed E-state index contributed by atoms with van der Waals surface area (Å²) in [5.41, 5.74) is 9.62. The first-order chi connectivity index (χ1) is 10.5. The van der Waals surface area contributed by atoms with Crippen LogP contribution in [0.15, 0.2) is 30.3 Å². The molecule has 0 atom stereocenters. The Balaban J connectivity index is 2.04. The highest BCUT2D eigenvalue weighted by Gasteiger charge is 2.06. The molecule has 0 aliphatic carbocycles. The number of hydrogen-bond acceptors (Lipinski definition) is 5. The number of nitrogen functional groups attached to an aromatic ring is 1. The third-order valence-corrected chi connectivity index (χ3v) is 3.34. The number of nitrogens with zero attached hydrogens (tertiary/aromatic N) is 1. The summed E-state index contributed by atoms with van der Waals surface area (Å²) in [6.07, 6.45) is -0.671. The molecule has 0 aliphatic rings. The molecule has 0 saturated heterocycles. The number of carboxylic acid groups (broad SMARTS) is 1. The van der Waals surface area contributed by atoms with Crippen molar-refractivity contribution in [3.63, 3.8) is 0 Å². The van der Waals surface area contributed by atoms with Crippen LogP contribution in [-0.2, 0) is 6.42 Å². The molecule has 6 nitrogen and oxygen atoms in total. The van der Waals surface area contributed by atoms with Crippen LogP contribution in [0, 0.1) is 6.92 Å². The van der Waals surface area contributed by atoms with Gasteiger partial charge in [0, 0.05) is 17.9 Å². The number of hydrogen-bond donors (Lipinski definition) is 3. The summed E-state index contributed by atoms with van der Waals surface area (Å²) < 4.78 is 0. The molecule has 0 saturated carbocycles. The Kier molecular flexibility index (Phi) is 5.06. The Morgan fingerprint density at radius 1 is 1.36 bits per heavy atom. The van der Waals surface area contributed by atoms with Crippen molar-refractivity contribution in [1.29, 1.82) is 0 Å². The second-order valence-electron chi connectivity index (χ2n) is 4.80. The number of carbonyl (C=O) groups excluding carboxylic acids is 1. The molecule has 0 fully saturated rings. The number of anilines is 3. The van der Waals surface area contributed by atoms with Gasteiger partial charge in [-0.2, -0.15) is 0 Å². The van der Waals surface area contributed by atoms with Crippen LogP contribution in [0.2, 0.25) is 5.15 Å². The standard InChI is InChI=1S/C15H17ClN4O2/c1-9-8-12(13(17)14(16)19-9)20-11-4-2-10(3-5-11)6-7-18-15(21)22/h2-5,8,18H,6-7,17H2,1H3,(H,19,20)(H,21,22)/p-1. The fourth-order valence-corrected chi connectivity index (χ4v) is 2.20. The van der Waals surface area contributed by atoms with Crippen molar-refractivity contribution in [2.75, 3.05) is 17.6 Å². The van der Waals surface area contributed by atoms with Gasteiger partial charge >= 0.3 is 0 Å². The molecule has 0 spiro atoms. The fourth-order valence-electron chi connectivity index (χ4n) is 1.97. The van der Waals surface area contributed by atoms with Gasteiger partial charge in [0.1, 0.15) is 6.09 Å². The average molecular weight is 320 g/mol. The predicted octanol–water partition coefficient (Wildman–Crippen LogP) is 1.84. The molecule has 1 heterocycles. The van der Waals surface area contributed by atoms with Crippen molar-refractivity contribution in [2.24, 2.45) is 0 Å². The van der Waals surface area contributed by atoms with Gasteiger partial charge in [0.2, 0.25) is 0 Å². The van der Waals surface area contributed by atoms with Crippen LogP contribution in [0.25, 0.3) is 0 Å². The van der Waals surface area contributed by atoms with E-state index >= 15 is 0 Å². The van der Waals surface area contributed by atoms with Gasteiger partial charge in [-0.25, -0.2) is 4.98 Å². The molecule has 1 aromatic heterocycles. The quantitative estimate of drug-likeness (QED) is 0.730. The summed E-state index contributed by atoms with van der Waals surface area (Å²) in [7, 11) is 0. The van der Waals surface area contributed by atoms with Gasteiger partial charge in [0.25, 0.3) is 0 Å². The van der Waals surface area contributed by atoms with Crippen LogP contribution in [-0.4, -0.2) is 17.6 Å². The van der Waals surface area contributed by atoms with Crippen LogP contribution >= 0.6 is 11.6 Å². The Bertz CT molecular complexity index is 674. The molecule has 22 heavy (non-hydrogen) atoms. The molecule has 1 amide bonds. The maximum absolute atomic E-state index is 10.3. The zero-order valence-corrected chi connectivity index (χ0v) is 12.8. The molecule has 0 unspecified atom stereocenters. The lowest BCUT2D eigenvalue weighted by Crippen LogP contribution is -2.37. The van der Waals surface area contributed by atoms with Crippen molar-refractivity contribution in [3.8, 4) is 0 Å². The Hall–Kier alpha value is -2.47. The number of rotatable bonds is 5. The van der Waals surface area contributed by atoms with E-state index in [9.17, 15) is 9.90 Å². The van der Waals surface area contributed by atoms with E-state index < -0.39 is 6.09 Å². The van der Waals surface area contributed by atoms with Crippen LogP contribution in [0.5, 0.6) is 0 Å². The van der Waals surface area contributed by atoms with E-state index in [-0.39, 0.29) is 5.15 Å². The summed E-state index contributed by atoms with van der Waals surface area (Å²) in [5.74, 6) is 0. The Labute approximate surface area is 133 Å². The van der Waals surface area contributed by atoms with E-state index in [4.69, 9.17) is 17.3 Å². The first-order valence-corrected chi connectivity index (χ1v) is 7.07. The minimum absolute atomic E-state index is 0.271. The second-order valence-corrected chi connectivity index (χ2v) is 5.16. The summed E-state index contributed by atoms with van der Waals surface area (Å²) >= 11 is 5.96. The number of nitrogens with one attached hydrogen (secondary N) is 2. The van der Waals surface area contributed by atoms with Gasteiger partial charge in [-0.3, -0.25) is 0 Å². The number of halogens is 1. The van der Waals surface area contributed by atoms with Crippen molar-refractivity contribution >= 4 is 34.8 Å². The molecular formula is C15H16ClN4O2-. The molecule has 0 radical (unpaired) electrons. The minimum atomic E-state index is -1.27. The third-order valence-electron chi connectivity index (χ3n) is 3.06. The van der Waals surface area contributed by atoms with Gasteiger partial charge in [-0.1, -0.05) is 23.7 Å². The number of aromatic nitrogens is 1. The van der Waals surface area contributed by atoms with E-state index in [2.05, 4.69) is 15.6 Å². The van der Waals surface area contributed by atoms with Gasteiger partial charge in [0.15, 0.2) is 5.15 Å². The lowest BCUT2D eigenvalue weighted by atomic mass is 10.1. The monoisotopic (exact) mass is 319 g/mol. The maximum Gasteiger partial charge on any atom is 0.154 e. The van der Waals surface area contributed by atoms with Crippen LogP contribution in [0.4, 0.5) is 21.9 Å². The third kappa shape index (κ3) is 4.26. The zero-order valence-electron chi connectivity index (χ0n) is 12.0. The minimum Gasteiger partial charge on any atom is -0.530 e. The molecule has 1 aromatic carbocycles. The molecule has 0 bridgehead atoms. The number of benzene rings is 1. The first kappa shape index (κ1) is 15.9. The van der Waals surface area contributed by atoms with E-state index in [1.165, 1.54) is 0 Å². The zero-order chi connectivity index (χ0) is 16.1. The highest BCUT2D eigenvalue weighted by Crippen LogP contribution is 2.29. The van der Waals surface area contributed by atoms with E-state index in [0.29, 0.717) is 24.3 Å². The number of amides is 1. The highest BCUT2D eigenvalue weighted by atomic mass is 35.5. The molecular weight excluding hydrogens is 304 g/mol. The number of nitrogens with two attached hydrogens (primary N) is 1. The van der Waals surface area contributed by atoms with Crippen molar-refractivity contribution in [1.82, 2.24) is 10.3 Å². The maximum atomic E-state index is 10.3. The number of aryl methyl sites for hydroxylation is 1. The summed E-state index contributed by atoms with van der Waals surface area (Å²) in [6.45, 7) is 2.16. The van der Waals surface area contributed by atoms with Gasteiger partial charge < -0.3 is 26.3 Å². The fraction of sp³-hybridized carbons (Fsp3) is 0.200. The topological polar surface area (TPSA) is 103 Å². The van der Waals surface area contributed by atoms with Crippen molar-refractivity contribution in [2.45, 2.75) is 13.3 Å². The van der Waals surface area contributed by atoms with Gasteiger partial charge in [0.05, 0.1) is 11.4 Å². The molecule has 2 rings (SSSR count). The Morgan fingerprint density at radius 3 is 2.68 bits per heavy atom. The predicted molar refractivity (Wildman–Crippen MR) is 85.2 cm³/mol. The number of pyridine rings is 1. The van der Waals surface area contributed by atoms with Crippen LogP contribution < -0.4 is 21.5 Å². The van der Waals surface area contributed by atoms with E-state index in [0.717, 1.165) is 16.9 Å². The Morgan fingerprint density at radius 2 is 2.05 bits per heavy atom. The van der Waals surface area contributed by atoms with Crippen LogP contribution in [0.3, 0.4) is 0 Å². The molecule has 2 aromatic rings. The van der Waals surface area contributed by atoms with E-state index in [1.54, 1.807) is 0 Å². The largest absolute Gasteiger partial charge is 0.530 e. The lowest BCUT2D eigenvalue weighted by Gasteiger charge is -2.12. The SMILES string of the molecule is Cc1cc(Nc2ccc(CCNC(=O)[O-])cc2)c(N)c(Cl)n1. The average Bonchev–Trinajstić information content (AvgIpc) is 2.45. The highest BCUT2D eigenvalue weighted by molar-refractivity contribution is 6.32. The summed E-state index contributed by atoms with van der Waals surface area (Å²) in [4.78, 5) is 14.4. The first-order valence-electron chi connectivity index (χ1n) is 6.69. The van der Waals surface area contributed by atoms with E-state index in [1.807, 2.05) is 37.3 Å². The summed E-state index contributed by atoms with van der Waals surface area (Å²) in [5, 5.41) is 16.0. The normalized spacial score (nSPS) is 10.3. The molecule has 0 aliphatic heterocycles. The molecule has 116 valence electrons. The number of carbonyl (C=O) groups is 1. The molecule has 4 N–H and O–H groups in total.